The number of nitrogens with one attached hydrogen (secondary N) is 2. The van der Waals surface area contributed by atoms with Gasteiger partial charge in [-0.1, -0.05) is 13.0 Å². The van der Waals surface area contributed by atoms with Crippen LogP contribution in [0.4, 0.5) is 0 Å². The fourth-order valence-electron chi connectivity index (χ4n) is 1.72. The van der Waals surface area contributed by atoms with Gasteiger partial charge in [-0.15, -0.1) is 0 Å². The third kappa shape index (κ3) is 5.36. The van der Waals surface area contributed by atoms with Crippen LogP contribution in [-0.4, -0.2) is 37.2 Å². The highest BCUT2D eigenvalue weighted by atomic mass is 16.5. The number of pyridine rings is 1. The predicted octanol–water partition coefficient (Wildman–Crippen LogP) is 0.885. The minimum absolute atomic E-state index is 0.0222. The Morgan fingerprint density at radius 3 is 3.00 bits per heavy atom. The molecule has 0 fully saturated rings. The van der Waals surface area contributed by atoms with Crippen LogP contribution in [0.1, 0.15) is 25.1 Å². The van der Waals surface area contributed by atoms with Crippen molar-refractivity contribution in [3.8, 4) is 0 Å². The third-order valence-electron chi connectivity index (χ3n) is 2.94. The Labute approximate surface area is 114 Å². The Kier molecular flexibility index (Phi) is 7.07. The summed E-state index contributed by atoms with van der Waals surface area (Å²) in [6.07, 6.45) is 2.72. The second-order valence-electron chi connectivity index (χ2n) is 4.35. The van der Waals surface area contributed by atoms with E-state index in [4.69, 9.17) is 4.74 Å². The molecular formula is C14H23N3O2. The molecule has 1 aromatic heterocycles. The number of ether oxygens (including phenoxy) is 1. The maximum absolute atomic E-state index is 11.7. The smallest absolute Gasteiger partial charge is 0.236 e. The maximum Gasteiger partial charge on any atom is 0.236 e. The van der Waals surface area contributed by atoms with Gasteiger partial charge in [0.2, 0.25) is 5.91 Å². The molecule has 0 aromatic carbocycles. The van der Waals surface area contributed by atoms with Gasteiger partial charge in [0.1, 0.15) is 0 Å². The van der Waals surface area contributed by atoms with Gasteiger partial charge in [0.05, 0.1) is 18.3 Å². The Balaban J connectivity index is 2.40. The van der Waals surface area contributed by atoms with E-state index in [1.807, 2.05) is 13.0 Å². The van der Waals surface area contributed by atoms with Crippen LogP contribution in [0, 0.1) is 0 Å². The fourth-order valence-corrected chi connectivity index (χ4v) is 1.72. The molecule has 1 unspecified atom stereocenters. The standard InChI is InChI=1S/C14H23N3O2/c1-4-12-6-5-7-15-13(12)10-17-11(2)14(18)16-8-9-19-3/h5-7,11,17H,4,8-10H2,1-3H3,(H,16,18). The lowest BCUT2D eigenvalue weighted by Gasteiger charge is -2.14. The summed E-state index contributed by atoms with van der Waals surface area (Å²) in [7, 11) is 1.61. The summed E-state index contributed by atoms with van der Waals surface area (Å²) in [6, 6.07) is 3.75. The Morgan fingerprint density at radius 2 is 2.32 bits per heavy atom. The molecule has 1 rings (SSSR count). The first-order chi connectivity index (χ1) is 9.19. The molecule has 0 saturated carbocycles. The summed E-state index contributed by atoms with van der Waals surface area (Å²) in [5.74, 6) is -0.0222. The predicted molar refractivity (Wildman–Crippen MR) is 74.8 cm³/mol. The molecule has 1 atom stereocenters. The molecule has 106 valence electrons. The van der Waals surface area contributed by atoms with E-state index in [0.717, 1.165) is 12.1 Å². The number of nitrogens with zero attached hydrogens (tertiary/aromatic N) is 1. The summed E-state index contributed by atoms with van der Waals surface area (Å²) >= 11 is 0. The SMILES string of the molecule is CCc1cccnc1CNC(C)C(=O)NCCOC. The monoisotopic (exact) mass is 265 g/mol. The molecule has 5 nitrogen and oxygen atoms in total. The summed E-state index contributed by atoms with van der Waals surface area (Å²) in [6.45, 7) is 5.60. The van der Waals surface area contributed by atoms with Crippen LogP contribution in [0.15, 0.2) is 18.3 Å². The van der Waals surface area contributed by atoms with Crippen LogP contribution in [0.2, 0.25) is 0 Å². The molecule has 2 N–H and O–H groups in total. The van der Waals surface area contributed by atoms with E-state index in [9.17, 15) is 4.79 Å². The van der Waals surface area contributed by atoms with Crippen molar-refractivity contribution in [2.45, 2.75) is 32.9 Å². The first kappa shape index (κ1) is 15.6. The van der Waals surface area contributed by atoms with Gasteiger partial charge in [0.25, 0.3) is 0 Å². The van der Waals surface area contributed by atoms with Gasteiger partial charge >= 0.3 is 0 Å². The second kappa shape index (κ2) is 8.61. The number of hydrogen-bond donors (Lipinski definition) is 2. The quantitative estimate of drug-likeness (QED) is 0.685. The molecule has 0 aliphatic heterocycles. The maximum atomic E-state index is 11.7. The van der Waals surface area contributed by atoms with Crippen molar-refractivity contribution in [2.24, 2.45) is 0 Å². The largest absolute Gasteiger partial charge is 0.383 e. The molecule has 1 aromatic rings. The minimum atomic E-state index is -0.247. The van der Waals surface area contributed by atoms with Gasteiger partial charge in [0.15, 0.2) is 0 Å². The molecule has 0 aliphatic rings. The van der Waals surface area contributed by atoms with Gasteiger partial charge in [0, 0.05) is 26.4 Å². The van der Waals surface area contributed by atoms with Gasteiger partial charge < -0.3 is 15.4 Å². The van der Waals surface area contributed by atoms with Crippen molar-refractivity contribution in [1.82, 2.24) is 15.6 Å². The van der Waals surface area contributed by atoms with E-state index in [2.05, 4.69) is 28.6 Å². The Hall–Kier alpha value is -1.46. The van der Waals surface area contributed by atoms with Crippen molar-refractivity contribution in [2.75, 3.05) is 20.3 Å². The van der Waals surface area contributed by atoms with E-state index in [1.54, 1.807) is 13.3 Å². The number of hydrogen-bond acceptors (Lipinski definition) is 4. The fraction of sp³-hybridized carbons (Fsp3) is 0.571. The van der Waals surface area contributed by atoms with Crippen molar-refractivity contribution < 1.29 is 9.53 Å². The lowest BCUT2D eigenvalue weighted by Crippen LogP contribution is -2.43. The van der Waals surface area contributed by atoms with E-state index < -0.39 is 0 Å². The summed E-state index contributed by atoms with van der Waals surface area (Å²) in [5.41, 5.74) is 2.21. The van der Waals surface area contributed by atoms with Crippen LogP contribution in [0.25, 0.3) is 0 Å². The number of carbonyl (C=O) groups excluding carboxylic acids is 1. The Bertz CT molecular complexity index is 396. The van der Waals surface area contributed by atoms with E-state index in [-0.39, 0.29) is 11.9 Å². The average molecular weight is 265 g/mol. The summed E-state index contributed by atoms with van der Waals surface area (Å²) < 4.78 is 4.89. The molecule has 0 bridgehead atoms. The highest BCUT2D eigenvalue weighted by molar-refractivity contribution is 5.81. The number of aromatic nitrogens is 1. The molecule has 5 heteroatoms. The minimum Gasteiger partial charge on any atom is -0.383 e. The normalized spacial score (nSPS) is 12.2. The molecule has 0 aliphatic carbocycles. The highest BCUT2D eigenvalue weighted by Gasteiger charge is 2.12. The number of rotatable bonds is 8. The third-order valence-corrected chi connectivity index (χ3v) is 2.94. The van der Waals surface area contributed by atoms with Crippen LogP contribution >= 0.6 is 0 Å². The zero-order chi connectivity index (χ0) is 14.1. The van der Waals surface area contributed by atoms with Crippen molar-refractivity contribution in [1.29, 1.82) is 0 Å². The van der Waals surface area contributed by atoms with E-state index >= 15 is 0 Å². The molecule has 0 saturated heterocycles. The van der Waals surface area contributed by atoms with Gasteiger partial charge in [-0.2, -0.15) is 0 Å². The number of aryl methyl sites for hydroxylation is 1. The van der Waals surface area contributed by atoms with Gasteiger partial charge in [-0.3, -0.25) is 9.78 Å². The van der Waals surface area contributed by atoms with Crippen LogP contribution < -0.4 is 10.6 Å². The molecule has 0 spiro atoms. The van der Waals surface area contributed by atoms with Crippen molar-refractivity contribution >= 4 is 5.91 Å². The van der Waals surface area contributed by atoms with Crippen molar-refractivity contribution in [3.63, 3.8) is 0 Å². The second-order valence-corrected chi connectivity index (χ2v) is 4.35. The van der Waals surface area contributed by atoms with E-state index in [0.29, 0.717) is 19.7 Å². The lowest BCUT2D eigenvalue weighted by molar-refractivity contribution is -0.123. The molecule has 1 amide bonds. The van der Waals surface area contributed by atoms with Crippen LogP contribution in [-0.2, 0) is 22.5 Å². The summed E-state index contributed by atoms with van der Waals surface area (Å²) in [5, 5.41) is 5.99. The zero-order valence-electron chi connectivity index (χ0n) is 11.9. The van der Waals surface area contributed by atoms with Gasteiger partial charge in [-0.25, -0.2) is 0 Å². The van der Waals surface area contributed by atoms with Crippen LogP contribution in [0.3, 0.4) is 0 Å². The van der Waals surface area contributed by atoms with E-state index in [1.165, 1.54) is 5.56 Å². The molecule has 19 heavy (non-hydrogen) atoms. The number of carbonyl (C=O) groups is 1. The molecule has 1 heterocycles. The summed E-state index contributed by atoms with van der Waals surface area (Å²) in [4.78, 5) is 16.1. The zero-order valence-corrected chi connectivity index (χ0v) is 11.9. The number of methoxy groups -OCH3 is 1. The first-order valence-corrected chi connectivity index (χ1v) is 6.61. The van der Waals surface area contributed by atoms with Crippen LogP contribution in [0.5, 0.6) is 0 Å². The highest BCUT2D eigenvalue weighted by Crippen LogP contribution is 2.05. The lowest BCUT2D eigenvalue weighted by atomic mass is 10.1. The number of amides is 1. The first-order valence-electron chi connectivity index (χ1n) is 6.61. The topological polar surface area (TPSA) is 63.2 Å². The van der Waals surface area contributed by atoms with Crippen molar-refractivity contribution in [3.05, 3.63) is 29.6 Å². The Morgan fingerprint density at radius 1 is 1.53 bits per heavy atom. The average Bonchev–Trinajstić information content (AvgIpc) is 2.45. The molecular weight excluding hydrogens is 242 g/mol. The molecule has 0 radical (unpaired) electrons. The van der Waals surface area contributed by atoms with Gasteiger partial charge in [-0.05, 0) is 25.0 Å².